The number of halogens is 1. The highest BCUT2D eigenvalue weighted by atomic mass is 32.2. The summed E-state index contributed by atoms with van der Waals surface area (Å²) in [6.07, 6.45) is 1.85. The normalized spacial score (nSPS) is 10.4. The second-order valence-corrected chi connectivity index (χ2v) is 4.23. The third-order valence-electron chi connectivity index (χ3n) is 2.42. The molecule has 0 saturated carbocycles. The number of thioether (sulfide) groups is 1. The van der Waals surface area contributed by atoms with Crippen molar-refractivity contribution < 1.29 is 4.39 Å². The highest BCUT2D eigenvalue weighted by molar-refractivity contribution is 7.98. The third kappa shape index (κ3) is 1.91. The van der Waals surface area contributed by atoms with Crippen LogP contribution in [-0.4, -0.2) is 6.26 Å². The molecule has 0 radical (unpaired) electrons. The SMILES string of the molecule is CSc1c(-c2ccccc2)ccc(N)c1F. The number of rotatable bonds is 2. The number of benzene rings is 2. The largest absolute Gasteiger partial charge is 0.396 e. The van der Waals surface area contributed by atoms with Gasteiger partial charge in [-0.05, 0) is 23.4 Å². The molecule has 0 saturated heterocycles. The van der Waals surface area contributed by atoms with Crippen LogP contribution in [-0.2, 0) is 0 Å². The van der Waals surface area contributed by atoms with Gasteiger partial charge in [-0.15, -0.1) is 11.8 Å². The zero-order valence-electron chi connectivity index (χ0n) is 8.91. The van der Waals surface area contributed by atoms with Crippen LogP contribution in [0.25, 0.3) is 11.1 Å². The van der Waals surface area contributed by atoms with Crippen molar-refractivity contribution >= 4 is 17.4 Å². The molecule has 16 heavy (non-hydrogen) atoms. The molecule has 1 nitrogen and oxygen atoms in total. The molecule has 0 spiro atoms. The van der Waals surface area contributed by atoms with Gasteiger partial charge in [0.05, 0.1) is 10.6 Å². The van der Waals surface area contributed by atoms with Gasteiger partial charge in [0.2, 0.25) is 0 Å². The zero-order chi connectivity index (χ0) is 11.5. The molecule has 2 aromatic rings. The van der Waals surface area contributed by atoms with Crippen molar-refractivity contribution in [2.75, 3.05) is 12.0 Å². The first-order valence-corrected chi connectivity index (χ1v) is 6.14. The van der Waals surface area contributed by atoms with Crippen LogP contribution in [0.2, 0.25) is 0 Å². The van der Waals surface area contributed by atoms with Crippen molar-refractivity contribution in [2.24, 2.45) is 0 Å². The minimum absolute atomic E-state index is 0.198. The van der Waals surface area contributed by atoms with E-state index in [-0.39, 0.29) is 11.5 Å². The Balaban J connectivity index is 2.62. The maximum atomic E-state index is 13.8. The molecule has 82 valence electrons. The van der Waals surface area contributed by atoms with E-state index in [4.69, 9.17) is 5.73 Å². The molecule has 0 aliphatic heterocycles. The van der Waals surface area contributed by atoms with Crippen molar-refractivity contribution in [3.05, 3.63) is 48.3 Å². The standard InChI is InChI=1S/C13H12FNS/c1-16-13-10(7-8-11(15)12(13)14)9-5-3-2-4-6-9/h2-8H,15H2,1H3. The molecule has 0 bridgehead atoms. The van der Waals surface area contributed by atoms with Gasteiger partial charge in [0, 0.05) is 0 Å². The summed E-state index contributed by atoms with van der Waals surface area (Å²) in [5, 5.41) is 0. The molecule has 0 heterocycles. The van der Waals surface area contributed by atoms with Gasteiger partial charge in [-0.25, -0.2) is 4.39 Å². The fourth-order valence-electron chi connectivity index (χ4n) is 1.62. The summed E-state index contributed by atoms with van der Waals surface area (Å²) in [6.45, 7) is 0. The summed E-state index contributed by atoms with van der Waals surface area (Å²) < 4.78 is 13.8. The molecular weight excluding hydrogens is 221 g/mol. The Morgan fingerprint density at radius 1 is 1.06 bits per heavy atom. The first-order valence-electron chi connectivity index (χ1n) is 4.91. The second kappa shape index (κ2) is 4.58. The molecule has 2 rings (SSSR count). The Bertz CT molecular complexity index is 497. The second-order valence-electron chi connectivity index (χ2n) is 3.42. The van der Waals surface area contributed by atoms with Gasteiger partial charge in [-0.3, -0.25) is 0 Å². The number of hydrogen-bond acceptors (Lipinski definition) is 2. The predicted octanol–water partition coefficient (Wildman–Crippen LogP) is 3.80. The molecule has 0 aromatic heterocycles. The fourth-order valence-corrected chi connectivity index (χ4v) is 2.32. The van der Waals surface area contributed by atoms with E-state index in [1.165, 1.54) is 11.8 Å². The first kappa shape index (κ1) is 11.0. The number of anilines is 1. The first-order chi connectivity index (χ1) is 7.74. The number of nitrogen functional groups attached to an aromatic ring is 1. The lowest BCUT2D eigenvalue weighted by Crippen LogP contribution is -1.94. The summed E-state index contributed by atoms with van der Waals surface area (Å²) in [5.41, 5.74) is 7.65. The van der Waals surface area contributed by atoms with Gasteiger partial charge in [-0.2, -0.15) is 0 Å². The van der Waals surface area contributed by atoms with Crippen LogP contribution in [0.15, 0.2) is 47.4 Å². The lowest BCUT2D eigenvalue weighted by atomic mass is 10.1. The van der Waals surface area contributed by atoms with E-state index in [0.717, 1.165) is 11.1 Å². The van der Waals surface area contributed by atoms with Crippen LogP contribution >= 0.6 is 11.8 Å². The maximum absolute atomic E-state index is 13.8. The molecule has 0 atom stereocenters. The summed E-state index contributed by atoms with van der Waals surface area (Å²) in [6, 6.07) is 13.2. The van der Waals surface area contributed by atoms with Crippen molar-refractivity contribution in [2.45, 2.75) is 4.90 Å². The number of nitrogens with two attached hydrogens (primary N) is 1. The van der Waals surface area contributed by atoms with Crippen LogP contribution in [0.1, 0.15) is 0 Å². The van der Waals surface area contributed by atoms with Gasteiger partial charge in [0.25, 0.3) is 0 Å². The quantitative estimate of drug-likeness (QED) is 0.630. The lowest BCUT2D eigenvalue weighted by Gasteiger charge is -2.10. The third-order valence-corrected chi connectivity index (χ3v) is 3.22. The van der Waals surface area contributed by atoms with Crippen LogP contribution in [0.5, 0.6) is 0 Å². The van der Waals surface area contributed by atoms with Crippen molar-refractivity contribution in [1.29, 1.82) is 0 Å². The molecule has 0 amide bonds. The monoisotopic (exact) mass is 233 g/mol. The average Bonchev–Trinajstić information content (AvgIpc) is 2.33. The van der Waals surface area contributed by atoms with Crippen molar-refractivity contribution in [1.82, 2.24) is 0 Å². The molecular formula is C13H12FNS. The Morgan fingerprint density at radius 2 is 1.75 bits per heavy atom. The van der Waals surface area contributed by atoms with Gasteiger partial charge in [-0.1, -0.05) is 36.4 Å². The molecule has 0 fully saturated rings. The Labute approximate surface area is 98.5 Å². The Kier molecular flexibility index (Phi) is 3.15. The fraction of sp³-hybridized carbons (Fsp3) is 0.0769. The van der Waals surface area contributed by atoms with E-state index in [2.05, 4.69) is 0 Å². The van der Waals surface area contributed by atoms with Gasteiger partial charge in [0.1, 0.15) is 0 Å². The van der Waals surface area contributed by atoms with E-state index in [0.29, 0.717) is 4.90 Å². The maximum Gasteiger partial charge on any atom is 0.160 e. The van der Waals surface area contributed by atoms with E-state index < -0.39 is 0 Å². The van der Waals surface area contributed by atoms with Crippen LogP contribution in [0.4, 0.5) is 10.1 Å². The molecule has 0 unspecified atom stereocenters. The lowest BCUT2D eigenvalue weighted by molar-refractivity contribution is 0.608. The average molecular weight is 233 g/mol. The molecule has 3 heteroatoms. The summed E-state index contributed by atoms with van der Waals surface area (Å²) in [7, 11) is 0. The summed E-state index contributed by atoms with van der Waals surface area (Å²) >= 11 is 1.38. The predicted molar refractivity (Wildman–Crippen MR) is 68.0 cm³/mol. The van der Waals surface area contributed by atoms with E-state index in [1.54, 1.807) is 6.07 Å². The highest BCUT2D eigenvalue weighted by Crippen LogP contribution is 2.34. The van der Waals surface area contributed by atoms with Crippen molar-refractivity contribution in [3.63, 3.8) is 0 Å². The summed E-state index contributed by atoms with van der Waals surface area (Å²) in [5.74, 6) is -0.325. The molecule has 2 aromatic carbocycles. The van der Waals surface area contributed by atoms with E-state index >= 15 is 0 Å². The van der Waals surface area contributed by atoms with Gasteiger partial charge < -0.3 is 5.73 Å². The van der Waals surface area contributed by atoms with Crippen LogP contribution < -0.4 is 5.73 Å². The van der Waals surface area contributed by atoms with Crippen LogP contribution in [0.3, 0.4) is 0 Å². The van der Waals surface area contributed by atoms with E-state index in [9.17, 15) is 4.39 Å². The Morgan fingerprint density at radius 3 is 2.38 bits per heavy atom. The zero-order valence-corrected chi connectivity index (χ0v) is 9.72. The Hall–Kier alpha value is -1.48. The highest BCUT2D eigenvalue weighted by Gasteiger charge is 2.11. The summed E-state index contributed by atoms with van der Waals surface area (Å²) in [4.78, 5) is 0.603. The molecule has 2 N–H and O–H groups in total. The topological polar surface area (TPSA) is 26.0 Å². The minimum atomic E-state index is -0.325. The number of hydrogen-bond donors (Lipinski definition) is 1. The van der Waals surface area contributed by atoms with Crippen molar-refractivity contribution in [3.8, 4) is 11.1 Å². The molecule has 0 aliphatic rings. The molecule has 0 aliphatic carbocycles. The van der Waals surface area contributed by atoms with Gasteiger partial charge in [0.15, 0.2) is 5.82 Å². The van der Waals surface area contributed by atoms with Crippen LogP contribution in [0, 0.1) is 5.82 Å². The van der Waals surface area contributed by atoms with Gasteiger partial charge >= 0.3 is 0 Å². The smallest absolute Gasteiger partial charge is 0.160 e. The van der Waals surface area contributed by atoms with E-state index in [1.807, 2.05) is 42.7 Å². The minimum Gasteiger partial charge on any atom is -0.396 e.